The number of aliphatic hydroxyl groups is 1. The second-order valence-electron chi connectivity index (χ2n) is 8.23. The van der Waals surface area contributed by atoms with Crippen LogP contribution in [-0.4, -0.2) is 66.3 Å². The number of nitrogens with one attached hydrogen (secondary N) is 1. The Morgan fingerprint density at radius 1 is 1.06 bits per heavy atom. The number of aliphatic imine (C=N–C) groups is 2. The lowest BCUT2D eigenvalue weighted by Gasteiger charge is -2.43. The van der Waals surface area contributed by atoms with Gasteiger partial charge in [-0.1, -0.05) is 35.9 Å². The van der Waals surface area contributed by atoms with E-state index in [-0.39, 0.29) is 0 Å². The maximum absolute atomic E-state index is 10.8. The first kappa shape index (κ1) is 21.6. The summed E-state index contributed by atoms with van der Waals surface area (Å²) >= 11 is 6.18. The summed E-state index contributed by atoms with van der Waals surface area (Å²) < 4.78 is 5.60. The number of hydrogen-bond acceptors (Lipinski definition) is 8. The van der Waals surface area contributed by atoms with E-state index in [9.17, 15) is 5.11 Å². The maximum atomic E-state index is 10.8. The predicted molar refractivity (Wildman–Crippen MR) is 131 cm³/mol. The predicted octanol–water partition coefficient (Wildman–Crippen LogP) is 3.02. The van der Waals surface area contributed by atoms with E-state index in [1.807, 2.05) is 49.4 Å². The number of hydrogen-bond donors (Lipinski definition) is 2. The number of allylic oxidation sites excluding steroid dienone is 1. The third-order valence-corrected chi connectivity index (χ3v) is 6.33. The number of aliphatic hydroxyl groups excluding tert-OH is 1. The highest BCUT2D eigenvalue weighted by Crippen LogP contribution is 2.35. The van der Waals surface area contributed by atoms with Crippen LogP contribution in [0.3, 0.4) is 0 Å². The highest BCUT2D eigenvalue weighted by Gasteiger charge is 2.37. The van der Waals surface area contributed by atoms with Gasteiger partial charge in [0, 0.05) is 48.1 Å². The van der Waals surface area contributed by atoms with Crippen LogP contribution in [0.5, 0.6) is 5.75 Å². The SMILES string of the molecule is COc1ccccc1C1N=C(N2CCN(c3cccc(Cl)c3)CC2)N=C2NC(C)=CC(O)N21. The van der Waals surface area contributed by atoms with Crippen LogP contribution < -0.4 is 15.0 Å². The van der Waals surface area contributed by atoms with Crippen LogP contribution in [-0.2, 0) is 0 Å². The summed E-state index contributed by atoms with van der Waals surface area (Å²) in [7, 11) is 1.64. The molecule has 172 valence electrons. The lowest BCUT2D eigenvalue weighted by atomic mass is 10.1. The van der Waals surface area contributed by atoms with Crippen LogP contribution in [0.15, 0.2) is 70.3 Å². The van der Waals surface area contributed by atoms with Crippen molar-refractivity contribution in [1.82, 2.24) is 15.1 Å². The minimum atomic E-state index is -0.843. The van der Waals surface area contributed by atoms with Crippen molar-refractivity contribution in [1.29, 1.82) is 0 Å². The normalized spacial score (nSPS) is 22.7. The van der Waals surface area contributed by atoms with Gasteiger partial charge < -0.3 is 25.0 Å². The monoisotopic (exact) mass is 466 g/mol. The van der Waals surface area contributed by atoms with Gasteiger partial charge in [-0.3, -0.25) is 4.90 Å². The summed E-state index contributed by atoms with van der Waals surface area (Å²) in [4.78, 5) is 16.1. The van der Waals surface area contributed by atoms with E-state index in [0.29, 0.717) is 11.9 Å². The number of para-hydroxylation sites is 1. The van der Waals surface area contributed by atoms with Crippen molar-refractivity contribution in [3.63, 3.8) is 0 Å². The molecule has 2 unspecified atom stereocenters. The minimum Gasteiger partial charge on any atom is -0.496 e. The van der Waals surface area contributed by atoms with E-state index in [4.69, 9.17) is 26.3 Å². The van der Waals surface area contributed by atoms with Crippen LogP contribution in [0.25, 0.3) is 0 Å². The standard InChI is InChI=1S/C24H27ClN6O2/c1-16-14-21(32)31-22(19-8-3-4-9-20(19)33-2)27-23(28-24(31)26-16)30-12-10-29(11-13-30)18-7-5-6-17(25)15-18/h3-9,14-15,21-22,32H,10-13H2,1-2H3,(H,26,27,28). The van der Waals surface area contributed by atoms with Gasteiger partial charge in [-0.15, -0.1) is 0 Å². The van der Waals surface area contributed by atoms with Gasteiger partial charge in [0.05, 0.1) is 7.11 Å². The molecule has 0 spiro atoms. The number of rotatable bonds is 3. The Morgan fingerprint density at radius 2 is 1.82 bits per heavy atom. The summed E-state index contributed by atoms with van der Waals surface area (Å²) in [6.07, 6.45) is 0.442. The van der Waals surface area contributed by atoms with Crippen molar-refractivity contribution in [2.45, 2.75) is 19.3 Å². The summed E-state index contributed by atoms with van der Waals surface area (Å²) in [5.74, 6) is 1.95. The molecule has 1 saturated heterocycles. The number of piperazine rings is 1. The van der Waals surface area contributed by atoms with Gasteiger partial charge in [0.2, 0.25) is 11.9 Å². The third kappa shape index (κ3) is 4.24. The van der Waals surface area contributed by atoms with E-state index >= 15 is 0 Å². The molecular formula is C24H27ClN6O2. The Hall–Kier alpha value is -3.23. The van der Waals surface area contributed by atoms with Crippen molar-refractivity contribution in [2.24, 2.45) is 9.98 Å². The molecule has 2 N–H and O–H groups in total. The van der Waals surface area contributed by atoms with Crippen LogP contribution >= 0.6 is 11.6 Å². The molecule has 3 aliphatic rings. The molecule has 2 aromatic rings. The molecule has 0 amide bonds. The number of anilines is 1. The van der Waals surface area contributed by atoms with Crippen LogP contribution in [0.2, 0.25) is 5.02 Å². The molecule has 0 aliphatic carbocycles. The first-order chi connectivity index (χ1) is 16.0. The average molecular weight is 467 g/mol. The Balaban J connectivity index is 1.44. The van der Waals surface area contributed by atoms with Gasteiger partial charge in [-0.2, -0.15) is 4.99 Å². The molecule has 5 rings (SSSR count). The van der Waals surface area contributed by atoms with Crippen molar-refractivity contribution >= 4 is 29.2 Å². The molecule has 0 aromatic heterocycles. The smallest absolute Gasteiger partial charge is 0.226 e. The highest BCUT2D eigenvalue weighted by molar-refractivity contribution is 6.30. The van der Waals surface area contributed by atoms with E-state index in [2.05, 4.69) is 21.2 Å². The van der Waals surface area contributed by atoms with Gasteiger partial charge >= 0.3 is 0 Å². The second kappa shape index (κ2) is 8.96. The molecule has 9 heteroatoms. The van der Waals surface area contributed by atoms with Crippen LogP contribution in [0.4, 0.5) is 5.69 Å². The van der Waals surface area contributed by atoms with Crippen LogP contribution in [0.1, 0.15) is 18.7 Å². The first-order valence-electron chi connectivity index (χ1n) is 11.0. The largest absolute Gasteiger partial charge is 0.496 e. The number of benzene rings is 2. The lowest BCUT2D eigenvalue weighted by Crippen LogP contribution is -2.56. The number of halogens is 1. The zero-order valence-corrected chi connectivity index (χ0v) is 19.4. The lowest BCUT2D eigenvalue weighted by molar-refractivity contribution is 0.0576. The fourth-order valence-corrected chi connectivity index (χ4v) is 4.63. The van der Waals surface area contributed by atoms with Gasteiger partial charge in [-0.05, 0) is 37.3 Å². The Bertz CT molecular complexity index is 1130. The Kier molecular flexibility index (Phi) is 5.86. The van der Waals surface area contributed by atoms with Crippen LogP contribution in [0, 0.1) is 0 Å². The number of methoxy groups -OCH3 is 1. The van der Waals surface area contributed by atoms with E-state index in [1.54, 1.807) is 18.1 Å². The van der Waals surface area contributed by atoms with E-state index in [1.165, 1.54) is 0 Å². The van der Waals surface area contributed by atoms with Crippen molar-refractivity contribution in [2.75, 3.05) is 38.2 Å². The fraction of sp³-hybridized carbons (Fsp3) is 0.333. The molecule has 0 radical (unpaired) electrons. The fourth-order valence-electron chi connectivity index (χ4n) is 4.44. The van der Waals surface area contributed by atoms with E-state index < -0.39 is 12.4 Å². The number of fused-ring (bicyclic) bond motifs is 1. The Labute approximate surface area is 198 Å². The van der Waals surface area contributed by atoms with Gasteiger partial charge in [-0.25, -0.2) is 4.99 Å². The third-order valence-electron chi connectivity index (χ3n) is 6.10. The molecule has 0 bridgehead atoms. The summed E-state index contributed by atoms with van der Waals surface area (Å²) in [6.45, 7) is 5.14. The number of ether oxygens (including phenoxy) is 1. The maximum Gasteiger partial charge on any atom is 0.226 e. The molecule has 0 saturated carbocycles. The molecule has 1 fully saturated rings. The number of guanidine groups is 2. The summed E-state index contributed by atoms with van der Waals surface area (Å²) in [5.41, 5.74) is 2.84. The summed E-state index contributed by atoms with van der Waals surface area (Å²) in [6, 6.07) is 15.7. The molecule has 33 heavy (non-hydrogen) atoms. The molecule has 3 heterocycles. The topological polar surface area (TPSA) is 75.9 Å². The zero-order chi connectivity index (χ0) is 22.9. The van der Waals surface area contributed by atoms with Crippen molar-refractivity contribution in [3.8, 4) is 5.75 Å². The molecule has 2 atom stereocenters. The molecule has 2 aromatic carbocycles. The minimum absolute atomic E-state index is 0.471. The Morgan fingerprint density at radius 3 is 2.58 bits per heavy atom. The highest BCUT2D eigenvalue weighted by atomic mass is 35.5. The summed E-state index contributed by atoms with van der Waals surface area (Å²) in [5, 5.41) is 14.9. The molecule has 8 nitrogen and oxygen atoms in total. The van der Waals surface area contributed by atoms with Gasteiger partial charge in [0.15, 0.2) is 12.4 Å². The van der Waals surface area contributed by atoms with E-state index in [0.717, 1.165) is 53.9 Å². The van der Waals surface area contributed by atoms with Crippen molar-refractivity contribution < 1.29 is 9.84 Å². The number of nitrogens with zero attached hydrogens (tertiary/aromatic N) is 5. The zero-order valence-electron chi connectivity index (χ0n) is 18.6. The van der Waals surface area contributed by atoms with Gasteiger partial charge in [0.1, 0.15) is 5.75 Å². The molecule has 3 aliphatic heterocycles. The van der Waals surface area contributed by atoms with Crippen molar-refractivity contribution in [3.05, 3.63) is 70.9 Å². The average Bonchev–Trinajstić information content (AvgIpc) is 2.83. The van der Waals surface area contributed by atoms with Gasteiger partial charge in [0.25, 0.3) is 0 Å². The second-order valence-corrected chi connectivity index (χ2v) is 8.67. The quantitative estimate of drug-likeness (QED) is 0.724. The first-order valence-corrected chi connectivity index (χ1v) is 11.4. The molecular weight excluding hydrogens is 440 g/mol.